The minimum Gasteiger partial charge on any atom is -0.407 e. The fraction of sp³-hybridized carbons (Fsp3) is 0.222. The van der Waals surface area contributed by atoms with Gasteiger partial charge in [0.25, 0.3) is 0 Å². The van der Waals surface area contributed by atoms with Crippen LogP contribution in [0.15, 0.2) is 12.1 Å². The number of aromatic nitrogens is 1. The normalized spacial score (nSPS) is 10.6. The third-order valence-electron chi connectivity index (χ3n) is 1.71. The minimum absolute atomic E-state index is 0.0350. The van der Waals surface area contributed by atoms with Crippen molar-refractivity contribution < 1.29 is 14.1 Å². The van der Waals surface area contributed by atoms with Crippen molar-refractivity contribution in [1.29, 1.82) is 5.26 Å². The Labute approximate surface area is 92.4 Å². The molecule has 0 saturated heterocycles. The summed E-state index contributed by atoms with van der Waals surface area (Å²) in [5.41, 5.74) is 5.01. The van der Waals surface area contributed by atoms with E-state index in [1.165, 1.54) is 25.5 Å². The number of carbonyl (C=O) groups excluding carboxylic acids is 1. The van der Waals surface area contributed by atoms with Crippen LogP contribution in [0.4, 0.5) is 4.79 Å². The molecule has 1 amide bonds. The van der Waals surface area contributed by atoms with Gasteiger partial charge in [-0.1, -0.05) is 0 Å². The monoisotopic (exact) mass is 239 g/mol. The predicted octanol–water partition coefficient (Wildman–Crippen LogP) is 0.659. The zero-order valence-corrected chi connectivity index (χ0v) is 9.69. The minimum atomic E-state index is -2.55. The van der Waals surface area contributed by atoms with Crippen molar-refractivity contribution in [2.45, 2.75) is 0 Å². The van der Waals surface area contributed by atoms with Gasteiger partial charge in [-0.05, 0) is 25.5 Å². The van der Waals surface area contributed by atoms with Crippen LogP contribution in [-0.2, 0) is 4.57 Å². The highest BCUT2D eigenvalue weighted by Crippen LogP contribution is 2.34. The second-order valence-corrected chi connectivity index (χ2v) is 6.56. The highest BCUT2D eigenvalue weighted by atomic mass is 31.2. The van der Waals surface area contributed by atoms with Crippen LogP contribution in [0.1, 0.15) is 5.69 Å². The number of hydrogen-bond donors (Lipinski definition) is 1. The summed E-state index contributed by atoms with van der Waals surface area (Å²) in [6, 6.07) is 4.55. The summed E-state index contributed by atoms with van der Waals surface area (Å²) in [7, 11) is -2.55. The highest BCUT2D eigenvalue weighted by Gasteiger charge is 2.16. The van der Waals surface area contributed by atoms with Gasteiger partial charge in [0.2, 0.25) is 0 Å². The summed E-state index contributed by atoms with van der Waals surface area (Å²) in [5.74, 6) is -0.0350. The van der Waals surface area contributed by atoms with Crippen molar-refractivity contribution in [1.82, 2.24) is 4.98 Å². The Morgan fingerprint density at radius 3 is 2.62 bits per heavy atom. The maximum atomic E-state index is 11.7. The molecule has 2 N–H and O–H groups in total. The topological polar surface area (TPSA) is 106 Å². The molecule has 0 spiro atoms. The lowest BCUT2D eigenvalue weighted by Gasteiger charge is -2.08. The Bertz CT molecular complexity index is 515. The highest BCUT2D eigenvalue weighted by molar-refractivity contribution is 7.69. The number of nitriles is 1. The van der Waals surface area contributed by atoms with Crippen molar-refractivity contribution >= 4 is 18.7 Å². The maximum absolute atomic E-state index is 11.7. The van der Waals surface area contributed by atoms with Crippen LogP contribution in [-0.4, -0.2) is 24.4 Å². The number of hydrogen-bond acceptors (Lipinski definition) is 5. The van der Waals surface area contributed by atoms with Crippen LogP contribution in [0.25, 0.3) is 0 Å². The molecule has 1 aromatic heterocycles. The molecule has 6 nitrogen and oxygen atoms in total. The van der Waals surface area contributed by atoms with Crippen LogP contribution in [0, 0.1) is 11.3 Å². The largest absolute Gasteiger partial charge is 0.410 e. The van der Waals surface area contributed by atoms with E-state index in [2.05, 4.69) is 9.72 Å². The maximum Gasteiger partial charge on any atom is 0.410 e. The number of pyridine rings is 1. The molecule has 1 heterocycles. The number of ether oxygens (including phenoxy) is 1. The van der Waals surface area contributed by atoms with Crippen LogP contribution in [0.3, 0.4) is 0 Å². The molecule has 0 atom stereocenters. The van der Waals surface area contributed by atoms with Gasteiger partial charge in [-0.15, -0.1) is 0 Å². The van der Waals surface area contributed by atoms with Crippen molar-refractivity contribution in [2.75, 3.05) is 13.3 Å². The zero-order chi connectivity index (χ0) is 12.3. The second kappa shape index (κ2) is 4.33. The molecule has 7 heteroatoms. The smallest absolute Gasteiger partial charge is 0.407 e. The van der Waals surface area contributed by atoms with E-state index in [1.54, 1.807) is 6.07 Å². The number of nitrogens with zero attached hydrogens (tertiary/aromatic N) is 2. The van der Waals surface area contributed by atoms with Crippen molar-refractivity contribution in [3.63, 3.8) is 0 Å². The lowest BCUT2D eigenvalue weighted by molar-refractivity contribution is 0.210. The number of nitrogens with two attached hydrogens (primary N) is 1. The first-order valence-electron chi connectivity index (χ1n) is 4.28. The molecule has 0 aliphatic rings. The van der Waals surface area contributed by atoms with Gasteiger partial charge in [0.15, 0.2) is 11.4 Å². The quantitative estimate of drug-likeness (QED) is 0.763. The number of carbonyl (C=O) groups is 1. The first-order chi connectivity index (χ1) is 7.34. The van der Waals surface area contributed by atoms with Gasteiger partial charge < -0.3 is 15.0 Å². The second-order valence-electron chi connectivity index (χ2n) is 3.40. The van der Waals surface area contributed by atoms with E-state index >= 15 is 0 Å². The van der Waals surface area contributed by atoms with Crippen LogP contribution in [0.2, 0.25) is 0 Å². The van der Waals surface area contributed by atoms with Gasteiger partial charge in [0, 0.05) is 0 Å². The Morgan fingerprint density at radius 1 is 1.56 bits per heavy atom. The summed E-state index contributed by atoms with van der Waals surface area (Å²) in [5, 5.41) is 8.79. The van der Waals surface area contributed by atoms with Crippen molar-refractivity contribution in [3.05, 3.63) is 17.8 Å². The first kappa shape index (κ1) is 12.2. The average molecular weight is 239 g/mol. The fourth-order valence-corrected chi connectivity index (χ4v) is 1.78. The molecule has 0 saturated carbocycles. The molecule has 0 aromatic carbocycles. The molecular weight excluding hydrogens is 229 g/mol. The zero-order valence-electron chi connectivity index (χ0n) is 8.80. The van der Waals surface area contributed by atoms with Gasteiger partial charge in [-0.25, -0.2) is 9.78 Å². The summed E-state index contributed by atoms with van der Waals surface area (Å²) in [6.07, 6.45) is -1.03. The van der Waals surface area contributed by atoms with E-state index < -0.39 is 13.2 Å². The number of rotatable bonds is 2. The Hall–Kier alpha value is -1.86. The SMILES string of the molecule is CP(C)(=O)c1ccc(OC(N)=O)c(C#N)n1. The van der Waals surface area contributed by atoms with Gasteiger partial charge in [0.05, 0.1) is 0 Å². The molecule has 1 rings (SSSR count). The van der Waals surface area contributed by atoms with Gasteiger partial charge in [0.1, 0.15) is 18.6 Å². The Kier molecular flexibility index (Phi) is 3.31. The van der Waals surface area contributed by atoms with E-state index in [-0.39, 0.29) is 11.4 Å². The van der Waals surface area contributed by atoms with Crippen molar-refractivity contribution in [2.24, 2.45) is 5.73 Å². The third kappa shape index (κ3) is 2.81. The van der Waals surface area contributed by atoms with Crippen LogP contribution in [0.5, 0.6) is 5.75 Å². The summed E-state index contributed by atoms with van der Waals surface area (Å²) in [4.78, 5) is 14.4. The molecule has 0 aliphatic heterocycles. The first-order valence-corrected chi connectivity index (χ1v) is 6.88. The summed E-state index contributed by atoms with van der Waals surface area (Å²) >= 11 is 0. The predicted molar refractivity (Wildman–Crippen MR) is 58.3 cm³/mol. The van der Waals surface area contributed by atoms with E-state index in [4.69, 9.17) is 11.0 Å². The number of primary amides is 1. The third-order valence-corrected chi connectivity index (χ3v) is 3.06. The van der Waals surface area contributed by atoms with Crippen LogP contribution >= 0.6 is 7.14 Å². The fourth-order valence-electron chi connectivity index (χ4n) is 1.01. The lowest BCUT2D eigenvalue weighted by Crippen LogP contribution is -2.18. The Balaban J connectivity index is 3.24. The molecule has 0 bridgehead atoms. The van der Waals surface area contributed by atoms with E-state index in [9.17, 15) is 9.36 Å². The van der Waals surface area contributed by atoms with Crippen LogP contribution < -0.4 is 15.9 Å². The van der Waals surface area contributed by atoms with Gasteiger partial charge in [-0.3, -0.25) is 0 Å². The molecule has 84 valence electrons. The molecular formula is C9H10N3O3P. The molecule has 0 fully saturated rings. The molecule has 0 aliphatic carbocycles. The molecule has 16 heavy (non-hydrogen) atoms. The van der Waals surface area contributed by atoms with E-state index in [0.717, 1.165) is 0 Å². The summed E-state index contributed by atoms with van der Waals surface area (Å²) in [6.45, 7) is 3.07. The lowest BCUT2D eigenvalue weighted by atomic mass is 10.3. The van der Waals surface area contributed by atoms with E-state index in [0.29, 0.717) is 5.44 Å². The van der Waals surface area contributed by atoms with E-state index in [1.807, 2.05) is 0 Å². The van der Waals surface area contributed by atoms with Gasteiger partial charge >= 0.3 is 6.09 Å². The van der Waals surface area contributed by atoms with Crippen molar-refractivity contribution in [3.8, 4) is 11.8 Å². The standard InChI is InChI=1S/C9H10N3O3P/c1-16(2,14)8-4-3-7(15-9(11)13)6(5-10)12-8/h3-4H,1-2H3,(H2,11,13). The molecule has 0 unspecified atom stereocenters. The molecule has 0 radical (unpaired) electrons. The summed E-state index contributed by atoms with van der Waals surface area (Å²) < 4.78 is 16.3. The van der Waals surface area contributed by atoms with Gasteiger partial charge in [-0.2, -0.15) is 5.26 Å². The number of amides is 1. The average Bonchev–Trinajstić information content (AvgIpc) is 2.15. The Morgan fingerprint density at radius 2 is 2.19 bits per heavy atom. The molecule has 1 aromatic rings.